The fourth-order valence-electron chi connectivity index (χ4n) is 1.43. The molecule has 3 heteroatoms. The minimum absolute atomic E-state index is 0.887. The maximum Gasteiger partial charge on any atom is 0.128 e. The van der Waals surface area contributed by atoms with Crippen molar-refractivity contribution in [3.63, 3.8) is 0 Å². The Morgan fingerprint density at radius 2 is 2.00 bits per heavy atom. The minimum Gasteiger partial charge on any atom is -0.237 e. The topological polar surface area (TPSA) is 17.8 Å². The van der Waals surface area contributed by atoms with E-state index in [4.69, 9.17) is 0 Å². The van der Waals surface area contributed by atoms with Crippen LogP contribution >= 0.6 is 15.9 Å². The van der Waals surface area contributed by atoms with Crippen LogP contribution in [0.3, 0.4) is 0 Å². The van der Waals surface area contributed by atoms with Crippen molar-refractivity contribution in [1.82, 2.24) is 9.78 Å². The highest BCUT2D eigenvalue weighted by Gasteiger charge is 2.05. The average molecular weight is 251 g/mol. The molecule has 2 aromatic rings. The fraction of sp³-hybridized carbons (Fsp3) is 0.182. The predicted molar refractivity (Wildman–Crippen MR) is 60.6 cm³/mol. The van der Waals surface area contributed by atoms with E-state index in [0.717, 1.165) is 16.7 Å². The minimum atomic E-state index is 0.887. The monoisotopic (exact) mass is 250 g/mol. The Morgan fingerprint density at radius 1 is 1.29 bits per heavy atom. The molecule has 72 valence electrons. The molecule has 0 bridgehead atoms. The average Bonchev–Trinajstić information content (AvgIpc) is 2.61. The third-order valence-corrected chi connectivity index (χ3v) is 2.50. The Bertz CT molecular complexity index is 420. The number of aromatic nitrogens is 2. The van der Waals surface area contributed by atoms with Gasteiger partial charge in [-0.25, -0.2) is 4.68 Å². The summed E-state index contributed by atoms with van der Waals surface area (Å²) in [6.07, 6.45) is 0.980. The molecule has 1 aromatic heterocycles. The van der Waals surface area contributed by atoms with Crippen LogP contribution in [0, 0.1) is 0 Å². The number of hydrogen-bond donors (Lipinski definition) is 0. The van der Waals surface area contributed by atoms with Crippen molar-refractivity contribution in [2.75, 3.05) is 0 Å². The molecule has 0 aliphatic heterocycles. The molecule has 14 heavy (non-hydrogen) atoms. The number of rotatable bonds is 2. The number of aryl methyl sites for hydroxylation is 1. The van der Waals surface area contributed by atoms with Gasteiger partial charge in [-0.3, -0.25) is 0 Å². The smallest absolute Gasteiger partial charge is 0.128 e. The number of halogens is 1. The summed E-state index contributed by atoms with van der Waals surface area (Å²) in [5, 5.41) is 4.39. The zero-order valence-electron chi connectivity index (χ0n) is 7.94. The van der Waals surface area contributed by atoms with E-state index in [1.807, 2.05) is 28.9 Å². The Morgan fingerprint density at radius 3 is 2.64 bits per heavy atom. The van der Waals surface area contributed by atoms with Crippen molar-refractivity contribution < 1.29 is 0 Å². The van der Waals surface area contributed by atoms with Gasteiger partial charge < -0.3 is 0 Å². The van der Waals surface area contributed by atoms with E-state index in [1.165, 1.54) is 5.69 Å². The molecule has 2 nitrogen and oxygen atoms in total. The summed E-state index contributed by atoms with van der Waals surface area (Å²) in [6.45, 7) is 2.13. The van der Waals surface area contributed by atoms with Gasteiger partial charge in [-0.05, 0) is 40.5 Å². The van der Waals surface area contributed by atoms with Gasteiger partial charge in [0.15, 0.2) is 0 Å². The third kappa shape index (κ3) is 1.73. The Kier molecular flexibility index (Phi) is 2.68. The van der Waals surface area contributed by atoms with Crippen LogP contribution in [0.5, 0.6) is 0 Å². The molecule has 0 radical (unpaired) electrons. The zero-order chi connectivity index (χ0) is 9.97. The lowest BCUT2D eigenvalue weighted by molar-refractivity contribution is 0.808. The highest BCUT2D eigenvalue weighted by molar-refractivity contribution is 9.10. The van der Waals surface area contributed by atoms with Crippen LogP contribution in [0.25, 0.3) is 5.69 Å². The zero-order valence-corrected chi connectivity index (χ0v) is 9.53. The summed E-state index contributed by atoms with van der Waals surface area (Å²) < 4.78 is 2.85. The predicted octanol–water partition coefficient (Wildman–Crippen LogP) is 3.20. The second-order valence-corrected chi connectivity index (χ2v) is 3.87. The molecule has 0 spiro atoms. The molecule has 0 amide bonds. The lowest BCUT2D eigenvalue weighted by Crippen LogP contribution is -2.00. The number of hydrogen-bond acceptors (Lipinski definition) is 1. The van der Waals surface area contributed by atoms with Gasteiger partial charge in [-0.1, -0.05) is 25.1 Å². The Labute approximate surface area is 91.7 Å². The van der Waals surface area contributed by atoms with Crippen molar-refractivity contribution in [3.05, 3.63) is 46.7 Å². The molecule has 0 unspecified atom stereocenters. The molecular formula is C11H11BrN2. The van der Waals surface area contributed by atoms with E-state index in [0.29, 0.717) is 0 Å². The number of nitrogens with zero attached hydrogens (tertiary/aromatic N) is 2. The van der Waals surface area contributed by atoms with Gasteiger partial charge in [-0.15, -0.1) is 0 Å². The van der Waals surface area contributed by atoms with E-state index in [-0.39, 0.29) is 0 Å². The highest BCUT2D eigenvalue weighted by Crippen LogP contribution is 2.16. The van der Waals surface area contributed by atoms with Crippen LogP contribution < -0.4 is 0 Å². The van der Waals surface area contributed by atoms with Crippen LogP contribution in [0.4, 0.5) is 0 Å². The van der Waals surface area contributed by atoms with Gasteiger partial charge in [0.25, 0.3) is 0 Å². The van der Waals surface area contributed by atoms with Gasteiger partial charge in [-0.2, -0.15) is 5.10 Å². The summed E-state index contributed by atoms with van der Waals surface area (Å²) in [6, 6.07) is 12.2. The molecule has 0 aliphatic rings. The lowest BCUT2D eigenvalue weighted by atomic mass is 10.3. The third-order valence-electron chi connectivity index (χ3n) is 2.12. The van der Waals surface area contributed by atoms with E-state index in [2.05, 4.69) is 40.1 Å². The van der Waals surface area contributed by atoms with Gasteiger partial charge in [0.05, 0.1) is 5.69 Å². The van der Waals surface area contributed by atoms with Gasteiger partial charge in [0.1, 0.15) is 4.60 Å². The standard InChI is InChI=1S/C11H11BrN2/c1-2-9-8-11(12)13-14(9)10-6-4-3-5-7-10/h3-8H,2H2,1H3. The summed E-state index contributed by atoms with van der Waals surface area (Å²) >= 11 is 3.39. The number of benzene rings is 1. The maximum atomic E-state index is 4.39. The van der Waals surface area contributed by atoms with Crippen LogP contribution in [-0.4, -0.2) is 9.78 Å². The van der Waals surface area contributed by atoms with Gasteiger partial charge in [0.2, 0.25) is 0 Å². The molecule has 1 aromatic carbocycles. The molecule has 2 rings (SSSR count). The first kappa shape index (κ1) is 9.46. The fourth-order valence-corrected chi connectivity index (χ4v) is 1.85. The quantitative estimate of drug-likeness (QED) is 0.801. The molecule has 1 heterocycles. The van der Waals surface area contributed by atoms with Crippen molar-refractivity contribution in [2.45, 2.75) is 13.3 Å². The molecule has 0 fully saturated rings. The second kappa shape index (κ2) is 3.96. The molecule has 0 saturated carbocycles. The van der Waals surface area contributed by atoms with E-state index < -0.39 is 0 Å². The second-order valence-electron chi connectivity index (χ2n) is 3.06. The first-order valence-electron chi connectivity index (χ1n) is 4.61. The summed E-state index contributed by atoms with van der Waals surface area (Å²) in [7, 11) is 0. The van der Waals surface area contributed by atoms with Crippen molar-refractivity contribution in [2.24, 2.45) is 0 Å². The molecule has 0 atom stereocenters. The van der Waals surface area contributed by atoms with Crippen molar-refractivity contribution >= 4 is 15.9 Å². The normalized spacial score (nSPS) is 10.4. The van der Waals surface area contributed by atoms with Crippen molar-refractivity contribution in [1.29, 1.82) is 0 Å². The van der Waals surface area contributed by atoms with E-state index >= 15 is 0 Å². The van der Waals surface area contributed by atoms with Crippen LogP contribution in [0.15, 0.2) is 41.0 Å². The summed E-state index contributed by atoms with van der Waals surface area (Å²) in [5.74, 6) is 0. The van der Waals surface area contributed by atoms with Crippen LogP contribution in [0.1, 0.15) is 12.6 Å². The van der Waals surface area contributed by atoms with E-state index in [1.54, 1.807) is 0 Å². The molecule has 0 N–H and O–H groups in total. The summed E-state index contributed by atoms with van der Waals surface area (Å²) in [5.41, 5.74) is 2.32. The Balaban J connectivity index is 2.51. The first-order valence-corrected chi connectivity index (χ1v) is 5.40. The highest BCUT2D eigenvalue weighted by atomic mass is 79.9. The largest absolute Gasteiger partial charge is 0.237 e. The van der Waals surface area contributed by atoms with Gasteiger partial charge in [0, 0.05) is 5.69 Å². The molecule has 0 saturated heterocycles. The SMILES string of the molecule is CCc1cc(Br)nn1-c1ccccc1. The van der Waals surface area contributed by atoms with Crippen molar-refractivity contribution in [3.8, 4) is 5.69 Å². The molecular weight excluding hydrogens is 240 g/mol. The molecule has 0 aliphatic carbocycles. The summed E-state index contributed by atoms with van der Waals surface area (Å²) in [4.78, 5) is 0. The first-order chi connectivity index (χ1) is 6.81. The maximum absolute atomic E-state index is 4.39. The Hall–Kier alpha value is -1.09. The lowest BCUT2D eigenvalue weighted by Gasteiger charge is -2.04. The van der Waals surface area contributed by atoms with E-state index in [9.17, 15) is 0 Å². The van der Waals surface area contributed by atoms with Gasteiger partial charge >= 0.3 is 0 Å². The number of para-hydroxylation sites is 1. The van der Waals surface area contributed by atoms with Crippen LogP contribution in [0.2, 0.25) is 0 Å². The van der Waals surface area contributed by atoms with Crippen LogP contribution in [-0.2, 0) is 6.42 Å².